The van der Waals surface area contributed by atoms with Gasteiger partial charge in [-0.1, -0.05) is 17.8 Å². The van der Waals surface area contributed by atoms with Crippen LogP contribution in [0.1, 0.15) is 28.3 Å². The van der Waals surface area contributed by atoms with Crippen molar-refractivity contribution in [3.63, 3.8) is 0 Å². The van der Waals surface area contributed by atoms with Gasteiger partial charge in [-0.2, -0.15) is 5.26 Å². The number of thioether (sulfide) groups is 1. The van der Waals surface area contributed by atoms with E-state index in [1.807, 2.05) is 44.4 Å². The van der Waals surface area contributed by atoms with E-state index in [2.05, 4.69) is 16.0 Å². The largest absolute Gasteiger partial charge is 0.440 e. The first-order valence-electron chi connectivity index (χ1n) is 7.10. The number of rotatable bonds is 4. The third kappa shape index (κ3) is 3.31. The van der Waals surface area contributed by atoms with Gasteiger partial charge >= 0.3 is 0 Å². The van der Waals surface area contributed by atoms with E-state index in [0.29, 0.717) is 17.2 Å². The Kier molecular flexibility index (Phi) is 4.51. The lowest BCUT2D eigenvalue weighted by molar-refractivity contribution is 0.542. The average Bonchev–Trinajstić information content (AvgIpc) is 3.14. The van der Waals surface area contributed by atoms with Crippen molar-refractivity contribution < 1.29 is 4.42 Å². The predicted octanol–water partition coefficient (Wildman–Crippen LogP) is 4.89. The summed E-state index contributed by atoms with van der Waals surface area (Å²) in [5.74, 6) is 2.09. The first kappa shape index (κ1) is 15.8. The first-order valence-corrected chi connectivity index (χ1v) is 8.96. The van der Waals surface area contributed by atoms with Crippen molar-refractivity contribution in [3.8, 4) is 16.8 Å². The van der Waals surface area contributed by atoms with Gasteiger partial charge in [-0.15, -0.1) is 11.3 Å². The van der Waals surface area contributed by atoms with Crippen LogP contribution in [0.15, 0.2) is 33.0 Å². The molecule has 0 unspecified atom stereocenters. The first-order chi connectivity index (χ1) is 11.1. The second-order valence-electron chi connectivity index (χ2n) is 5.16. The molecule has 3 heterocycles. The van der Waals surface area contributed by atoms with Crippen molar-refractivity contribution in [3.05, 3.63) is 51.9 Å². The van der Waals surface area contributed by atoms with Gasteiger partial charge in [0, 0.05) is 11.4 Å². The molecule has 0 spiro atoms. The molecule has 6 heteroatoms. The van der Waals surface area contributed by atoms with Crippen LogP contribution in [0.5, 0.6) is 0 Å². The average molecular weight is 341 g/mol. The summed E-state index contributed by atoms with van der Waals surface area (Å²) in [7, 11) is 0. The molecule has 116 valence electrons. The van der Waals surface area contributed by atoms with Crippen LogP contribution in [-0.2, 0) is 5.75 Å². The molecule has 0 bridgehead atoms. The van der Waals surface area contributed by atoms with Gasteiger partial charge < -0.3 is 4.42 Å². The molecule has 4 nitrogen and oxygen atoms in total. The maximum absolute atomic E-state index is 9.33. The summed E-state index contributed by atoms with van der Waals surface area (Å²) in [5.41, 5.74) is 3.40. The van der Waals surface area contributed by atoms with E-state index in [1.165, 1.54) is 11.8 Å². The molecule has 3 rings (SSSR count). The fourth-order valence-electron chi connectivity index (χ4n) is 2.25. The van der Waals surface area contributed by atoms with Crippen LogP contribution in [0, 0.1) is 32.1 Å². The van der Waals surface area contributed by atoms with Crippen LogP contribution < -0.4 is 0 Å². The number of nitriles is 1. The SMILES string of the molecule is Cc1cc(C)c(C#N)c(SCc2nc(-c3cccs3)oc2C)n1. The smallest absolute Gasteiger partial charge is 0.236 e. The maximum Gasteiger partial charge on any atom is 0.236 e. The minimum atomic E-state index is 0.630. The molecule has 0 amide bonds. The molecule has 0 saturated carbocycles. The van der Waals surface area contributed by atoms with E-state index in [4.69, 9.17) is 4.42 Å². The van der Waals surface area contributed by atoms with Gasteiger partial charge in [0.1, 0.15) is 16.9 Å². The van der Waals surface area contributed by atoms with E-state index >= 15 is 0 Å². The highest BCUT2D eigenvalue weighted by atomic mass is 32.2. The van der Waals surface area contributed by atoms with Crippen LogP contribution >= 0.6 is 23.1 Å². The van der Waals surface area contributed by atoms with Crippen LogP contribution in [0.4, 0.5) is 0 Å². The molecule has 0 saturated heterocycles. The summed E-state index contributed by atoms with van der Waals surface area (Å²) in [5, 5.41) is 12.1. The molecule has 0 aliphatic heterocycles. The van der Waals surface area contributed by atoms with Crippen molar-refractivity contribution in [2.24, 2.45) is 0 Å². The quantitative estimate of drug-likeness (QED) is 0.632. The zero-order chi connectivity index (χ0) is 16.4. The molecule has 0 N–H and O–H groups in total. The summed E-state index contributed by atoms with van der Waals surface area (Å²) < 4.78 is 5.75. The van der Waals surface area contributed by atoms with Gasteiger partial charge in [-0.25, -0.2) is 9.97 Å². The number of oxazole rings is 1. The highest BCUT2D eigenvalue weighted by Crippen LogP contribution is 2.30. The van der Waals surface area contributed by atoms with Gasteiger partial charge in [-0.3, -0.25) is 0 Å². The summed E-state index contributed by atoms with van der Waals surface area (Å²) in [6.07, 6.45) is 0. The Morgan fingerprint density at radius 1 is 1.30 bits per heavy atom. The number of nitrogens with zero attached hydrogens (tertiary/aromatic N) is 3. The van der Waals surface area contributed by atoms with Crippen molar-refractivity contribution in [2.75, 3.05) is 0 Å². The summed E-state index contributed by atoms with van der Waals surface area (Å²) in [6.45, 7) is 5.79. The highest BCUT2D eigenvalue weighted by molar-refractivity contribution is 7.98. The lowest BCUT2D eigenvalue weighted by Crippen LogP contribution is -1.95. The molecule has 3 aromatic rings. The number of thiophene rings is 1. The second kappa shape index (κ2) is 6.57. The monoisotopic (exact) mass is 341 g/mol. The lowest BCUT2D eigenvalue weighted by atomic mass is 10.1. The predicted molar refractivity (Wildman–Crippen MR) is 92.5 cm³/mol. The van der Waals surface area contributed by atoms with Crippen LogP contribution in [0.2, 0.25) is 0 Å². The van der Waals surface area contributed by atoms with E-state index in [9.17, 15) is 5.26 Å². The highest BCUT2D eigenvalue weighted by Gasteiger charge is 2.15. The maximum atomic E-state index is 9.33. The Balaban J connectivity index is 1.83. The summed E-state index contributed by atoms with van der Waals surface area (Å²) in [4.78, 5) is 10.1. The Bertz CT molecular complexity index is 876. The minimum absolute atomic E-state index is 0.630. The molecule has 0 radical (unpaired) electrons. The normalized spacial score (nSPS) is 10.7. The number of pyridine rings is 1. The van der Waals surface area contributed by atoms with Gasteiger partial charge in [0.2, 0.25) is 5.89 Å². The van der Waals surface area contributed by atoms with E-state index in [-0.39, 0.29) is 0 Å². The van der Waals surface area contributed by atoms with Gasteiger partial charge in [0.15, 0.2) is 0 Å². The molecular weight excluding hydrogens is 326 g/mol. The molecule has 23 heavy (non-hydrogen) atoms. The van der Waals surface area contributed by atoms with Crippen LogP contribution in [0.3, 0.4) is 0 Å². The van der Waals surface area contributed by atoms with E-state index in [1.54, 1.807) is 11.3 Å². The Labute approximate surface area is 143 Å². The molecule has 0 aromatic carbocycles. The molecular formula is C17H15N3OS2. The van der Waals surface area contributed by atoms with Crippen LogP contribution in [0.25, 0.3) is 10.8 Å². The second-order valence-corrected chi connectivity index (χ2v) is 7.07. The Morgan fingerprint density at radius 2 is 2.13 bits per heavy atom. The minimum Gasteiger partial charge on any atom is -0.440 e. The Hall–Kier alpha value is -2.10. The van der Waals surface area contributed by atoms with E-state index < -0.39 is 0 Å². The fraction of sp³-hybridized carbons (Fsp3) is 0.235. The zero-order valence-corrected chi connectivity index (χ0v) is 14.7. The molecule has 0 fully saturated rings. The third-order valence-corrected chi connectivity index (χ3v) is 5.24. The number of aromatic nitrogens is 2. The van der Waals surface area contributed by atoms with Crippen LogP contribution in [-0.4, -0.2) is 9.97 Å². The van der Waals surface area contributed by atoms with Crippen molar-refractivity contribution in [2.45, 2.75) is 31.6 Å². The lowest BCUT2D eigenvalue weighted by Gasteiger charge is -2.06. The zero-order valence-electron chi connectivity index (χ0n) is 13.1. The van der Waals surface area contributed by atoms with E-state index in [0.717, 1.165) is 32.6 Å². The molecule has 3 aromatic heterocycles. The number of hydrogen-bond acceptors (Lipinski definition) is 6. The van der Waals surface area contributed by atoms with Crippen molar-refractivity contribution in [1.82, 2.24) is 9.97 Å². The van der Waals surface area contributed by atoms with Crippen molar-refractivity contribution in [1.29, 1.82) is 5.26 Å². The summed E-state index contributed by atoms with van der Waals surface area (Å²) in [6, 6.07) is 8.14. The molecule has 0 aliphatic rings. The fourth-order valence-corrected chi connectivity index (χ4v) is 4.00. The Morgan fingerprint density at radius 3 is 2.83 bits per heavy atom. The van der Waals surface area contributed by atoms with Gasteiger partial charge in [0.25, 0.3) is 0 Å². The topological polar surface area (TPSA) is 62.7 Å². The van der Waals surface area contributed by atoms with Crippen molar-refractivity contribution >= 4 is 23.1 Å². The number of hydrogen-bond donors (Lipinski definition) is 0. The van der Waals surface area contributed by atoms with Gasteiger partial charge in [-0.05, 0) is 43.8 Å². The molecule has 0 atom stereocenters. The standard InChI is InChI=1S/C17H15N3OS2/c1-10-7-11(2)19-17(13(10)8-18)23-9-14-12(3)21-16(20-14)15-5-4-6-22-15/h4-7H,9H2,1-3H3. The number of aryl methyl sites for hydroxylation is 3. The molecule has 0 aliphatic carbocycles. The van der Waals surface area contributed by atoms with Gasteiger partial charge in [0.05, 0.1) is 16.1 Å². The third-order valence-electron chi connectivity index (χ3n) is 3.39. The summed E-state index contributed by atoms with van der Waals surface area (Å²) >= 11 is 3.13.